The van der Waals surface area contributed by atoms with Gasteiger partial charge in [-0.3, -0.25) is 4.79 Å². The van der Waals surface area contributed by atoms with Gasteiger partial charge in [0.1, 0.15) is 12.4 Å². The predicted molar refractivity (Wildman–Crippen MR) is 86.3 cm³/mol. The van der Waals surface area contributed by atoms with Crippen LogP contribution in [0.1, 0.15) is 39.5 Å². The summed E-state index contributed by atoms with van der Waals surface area (Å²) in [6, 6.07) is 8.39. The second-order valence-electron chi connectivity index (χ2n) is 5.69. The molecule has 3 rings (SSSR count). The maximum Gasteiger partial charge on any atom is 0.338 e. The third-order valence-electron chi connectivity index (χ3n) is 3.97. The van der Waals surface area contributed by atoms with Crippen molar-refractivity contribution in [1.82, 2.24) is 4.90 Å². The standard InChI is InChI=1S/C17H16ClNO5/c1-10-8-23-15(11-3-2-4-13(18)5-11)7-19(10)16(20)14-6-12(9-24-14)17(21)22/h2-6,9-10,15H,7-8H2,1H3,(H,21,22)/t10-,15-/m1/s1. The molecule has 0 unspecified atom stereocenters. The van der Waals surface area contributed by atoms with Crippen LogP contribution in [0.15, 0.2) is 41.0 Å². The van der Waals surface area contributed by atoms with Gasteiger partial charge in [0.25, 0.3) is 5.91 Å². The van der Waals surface area contributed by atoms with E-state index < -0.39 is 5.97 Å². The van der Waals surface area contributed by atoms with Crippen LogP contribution in [0.4, 0.5) is 0 Å². The summed E-state index contributed by atoms with van der Waals surface area (Å²) in [4.78, 5) is 25.2. The summed E-state index contributed by atoms with van der Waals surface area (Å²) in [6.07, 6.45) is 0.771. The second-order valence-corrected chi connectivity index (χ2v) is 6.12. The Morgan fingerprint density at radius 2 is 2.12 bits per heavy atom. The third-order valence-corrected chi connectivity index (χ3v) is 4.21. The van der Waals surface area contributed by atoms with Gasteiger partial charge >= 0.3 is 5.97 Å². The lowest BCUT2D eigenvalue weighted by Gasteiger charge is -2.37. The quantitative estimate of drug-likeness (QED) is 0.920. The van der Waals surface area contributed by atoms with Crippen LogP contribution in [0.5, 0.6) is 0 Å². The minimum Gasteiger partial charge on any atom is -0.478 e. The molecule has 7 heteroatoms. The van der Waals surface area contributed by atoms with Crippen LogP contribution in [0.25, 0.3) is 0 Å². The molecule has 0 radical (unpaired) electrons. The van der Waals surface area contributed by atoms with Crippen LogP contribution in [0, 0.1) is 0 Å². The SMILES string of the molecule is C[C@@H]1CO[C@@H](c2cccc(Cl)c2)CN1C(=O)c1cc(C(=O)O)co1. The number of ether oxygens (including phenoxy) is 1. The van der Waals surface area contributed by atoms with Crippen molar-refractivity contribution in [1.29, 1.82) is 0 Å². The van der Waals surface area contributed by atoms with Crippen LogP contribution in [-0.4, -0.2) is 41.1 Å². The lowest BCUT2D eigenvalue weighted by Crippen LogP contribution is -2.48. The van der Waals surface area contributed by atoms with Gasteiger partial charge in [0.15, 0.2) is 5.76 Å². The highest BCUT2D eigenvalue weighted by atomic mass is 35.5. The molecule has 2 aromatic rings. The van der Waals surface area contributed by atoms with Gasteiger partial charge in [-0.15, -0.1) is 0 Å². The minimum absolute atomic E-state index is 0.00555. The number of rotatable bonds is 3. The normalized spacial score (nSPS) is 20.8. The maximum absolute atomic E-state index is 12.6. The molecule has 1 aromatic heterocycles. The Hall–Kier alpha value is -2.31. The van der Waals surface area contributed by atoms with Crippen LogP contribution in [-0.2, 0) is 4.74 Å². The summed E-state index contributed by atoms with van der Waals surface area (Å²) in [6.45, 7) is 2.58. The molecule has 0 spiro atoms. The Balaban J connectivity index is 1.80. The zero-order valence-electron chi connectivity index (χ0n) is 12.9. The number of carbonyl (C=O) groups excluding carboxylic acids is 1. The molecule has 1 aromatic carbocycles. The summed E-state index contributed by atoms with van der Waals surface area (Å²) in [7, 11) is 0. The monoisotopic (exact) mass is 349 g/mol. The van der Waals surface area contributed by atoms with Crippen LogP contribution in [0.2, 0.25) is 5.02 Å². The van der Waals surface area contributed by atoms with Gasteiger partial charge in [0, 0.05) is 11.1 Å². The van der Waals surface area contributed by atoms with E-state index >= 15 is 0 Å². The van der Waals surface area contributed by atoms with Crippen molar-refractivity contribution in [3.63, 3.8) is 0 Å². The van der Waals surface area contributed by atoms with E-state index in [0.717, 1.165) is 11.8 Å². The van der Waals surface area contributed by atoms with E-state index in [1.54, 1.807) is 17.0 Å². The number of hydrogen-bond donors (Lipinski definition) is 1. The van der Waals surface area contributed by atoms with Gasteiger partial charge in [-0.05, 0) is 24.6 Å². The molecule has 1 fully saturated rings. The largest absolute Gasteiger partial charge is 0.478 e. The maximum atomic E-state index is 12.6. The lowest BCUT2D eigenvalue weighted by molar-refractivity contribution is -0.0495. The number of amides is 1. The van der Waals surface area contributed by atoms with Crippen molar-refractivity contribution in [3.8, 4) is 0 Å². The molecule has 0 bridgehead atoms. The third kappa shape index (κ3) is 3.29. The highest BCUT2D eigenvalue weighted by molar-refractivity contribution is 6.30. The second kappa shape index (κ2) is 6.67. The molecule has 1 amide bonds. The van der Waals surface area contributed by atoms with Crippen molar-refractivity contribution in [2.45, 2.75) is 19.1 Å². The first-order chi connectivity index (χ1) is 11.5. The molecule has 0 aliphatic carbocycles. The van der Waals surface area contributed by atoms with Gasteiger partial charge in [0.2, 0.25) is 0 Å². The summed E-state index contributed by atoms with van der Waals surface area (Å²) in [5.74, 6) is -1.49. The Kier molecular flexibility index (Phi) is 4.59. The Bertz CT molecular complexity index is 772. The number of hydrogen-bond acceptors (Lipinski definition) is 4. The van der Waals surface area contributed by atoms with E-state index in [9.17, 15) is 9.59 Å². The number of halogens is 1. The van der Waals surface area contributed by atoms with Crippen LogP contribution in [0.3, 0.4) is 0 Å². The van der Waals surface area contributed by atoms with Gasteiger partial charge in [-0.1, -0.05) is 23.7 Å². The molecular formula is C17H16ClNO5. The molecule has 6 nitrogen and oxygen atoms in total. The number of furan rings is 1. The predicted octanol–water partition coefficient (Wildman–Crippen LogP) is 3.23. The summed E-state index contributed by atoms with van der Waals surface area (Å²) in [5.41, 5.74) is 0.837. The zero-order chi connectivity index (χ0) is 17.3. The van der Waals surface area contributed by atoms with Gasteiger partial charge < -0.3 is 19.2 Å². The number of morpholine rings is 1. The first-order valence-corrected chi connectivity index (χ1v) is 7.83. The first-order valence-electron chi connectivity index (χ1n) is 7.45. The molecular weight excluding hydrogens is 334 g/mol. The zero-order valence-corrected chi connectivity index (χ0v) is 13.7. The molecule has 126 valence electrons. The Labute approximate surface area is 143 Å². The highest BCUT2D eigenvalue weighted by Crippen LogP contribution is 2.28. The van der Waals surface area contributed by atoms with Gasteiger partial charge in [-0.25, -0.2) is 4.79 Å². The minimum atomic E-state index is -1.13. The average Bonchev–Trinajstić information content (AvgIpc) is 3.05. The Morgan fingerprint density at radius 3 is 2.79 bits per heavy atom. The Morgan fingerprint density at radius 1 is 1.33 bits per heavy atom. The molecule has 1 aliphatic rings. The summed E-state index contributed by atoms with van der Waals surface area (Å²) >= 11 is 6.01. The van der Waals surface area contributed by atoms with E-state index in [1.807, 2.05) is 19.1 Å². The van der Waals surface area contributed by atoms with Gasteiger partial charge in [0.05, 0.1) is 24.8 Å². The van der Waals surface area contributed by atoms with Crippen LogP contribution >= 0.6 is 11.6 Å². The van der Waals surface area contributed by atoms with Crippen molar-refractivity contribution in [2.24, 2.45) is 0 Å². The number of carboxylic acids is 1. The fourth-order valence-corrected chi connectivity index (χ4v) is 2.85. The molecule has 1 N–H and O–H groups in total. The van der Waals surface area contributed by atoms with Crippen molar-refractivity contribution >= 4 is 23.5 Å². The number of carboxylic acid groups (broad SMARTS) is 1. The lowest BCUT2D eigenvalue weighted by atomic mass is 10.1. The molecule has 1 aliphatic heterocycles. The fraction of sp³-hybridized carbons (Fsp3) is 0.294. The van der Waals surface area contributed by atoms with Crippen molar-refractivity contribution in [2.75, 3.05) is 13.2 Å². The number of nitrogens with zero attached hydrogens (tertiary/aromatic N) is 1. The first kappa shape index (κ1) is 16.5. The van der Waals surface area contributed by atoms with E-state index in [2.05, 4.69) is 0 Å². The molecule has 24 heavy (non-hydrogen) atoms. The summed E-state index contributed by atoms with van der Waals surface area (Å²) < 4.78 is 10.9. The summed E-state index contributed by atoms with van der Waals surface area (Å²) in [5, 5.41) is 9.54. The molecule has 0 saturated carbocycles. The van der Waals surface area contributed by atoms with E-state index in [4.69, 9.17) is 25.9 Å². The van der Waals surface area contributed by atoms with Gasteiger partial charge in [-0.2, -0.15) is 0 Å². The molecule has 2 atom stereocenters. The fourth-order valence-electron chi connectivity index (χ4n) is 2.65. The highest BCUT2D eigenvalue weighted by Gasteiger charge is 2.32. The van der Waals surface area contributed by atoms with Crippen LogP contribution < -0.4 is 0 Å². The number of aromatic carboxylic acids is 1. The van der Waals surface area contributed by atoms with Crippen molar-refractivity contribution in [3.05, 3.63) is 58.5 Å². The number of benzene rings is 1. The smallest absolute Gasteiger partial charge is 0.338 e. The number of carbonyl (C=O) groups is 2. The van der Waals surface area contributed by atoms with E-state index in [0.29, 0.717) is 18.2 Å². The average molecular weight is 350 g/mol. The molecule has 2 heterocycles. The van der Waals surface area contributed by atoms with Crippen molar-refractivity contribution < 1.29 is 23.8 Å². The molecule has 1 saturated heterocycles. The topological polar surface area (TPSA) is 80.0 Å². The van der Waals surface area contributed by atoms with E-state index in [1.165, 1.54) is 6.07 Å². The van der Waals surface area contributed by atoms with E-state index in [-0.39, 0.29) is 29.4 Å².